The largest absolute Gasteiger partial charge is 0.457 e. The van der Waals surface area contributed by atoms with Gasteiger partial charge >= 0.3 is 5.97 Å². The molecule has 0 saturated heterocycles. The van der Waals surface area contributed by atoms with Crippen LogP contribution in [0, 0.1) is 0 Å². The molecule has 4 aromatic rings. The molecule has 0 spiro atoms. The molecule has 0 amide bonds. The molecule has 0 unspecified atom stereocenters. The molecule has 1 aliphatic rings. The number of thiophene rings is 1. The molecule has 3 heterocycles. The van der Waals surface area contributed by atoms with Crippen LogP contribution >= 0.6 is 34.3 Å². The summed E-state index contributed by atoms with van der Waals surface area (Å²) in [6, 6.07) is 20.1. The summed E-state index contributed by atoms with van der Waals surface area (Å²) in [6.07, 6.45) is 1.77. The fourth-order valence-electron chi connectivity index (χ4n) is 3.83. The SMILES string of the molecule is CC1=C(C(=O)OCc2ccccc2)[C@@H](c2cccs2)n2c(s/c(=C\c3ccccc3Cl)c2=O)=N1. The van der Waals surface area contributed by atoms with Crippen molar-refractivity contribution in [3.8, 4) is 0 Å². The highest BCUT2D eigenvalue weighted by Gasteiger charge is 2.34. The van der Waals surface area contributed by atoms with Crippen molar-refractivity contribution in [2.24, 2.45) is 4.99 Å². The van der Waals surface area contributed by atoms with Gasteiger partial charge in [0.2, 0.25) is 0 Å². The summed E-state index contributed by atoms with van der Waals surface area (Å²) in [4.78, 5) is 32.9. The van der Waals surface area contributed by atoms with Crippen LogP contribution < -0.4 is 14.9 Å². The molecule has 2 aromatic heterocycles. The predicted molar refractivity (Wildman–Crippen MR) is 136 cm³/mol. The van der Waals surface area contributed by atoms with Crippen LogP contribution in [0.3, 0.4) is 0 Å². The second kappa shape index (κ2) is 9.54. The lowest BCUT2D eigenvalue weighted by molar-refractivity contribution is -0.140. The van der Waals surface area contributed by atoms with E-state index in [2.05, 4.69) is 4.99 Å². The van der Waals surface area contributed by atoms with Crippen LogP contribution in [0.15, 0.2) is 93.2 Å². The summed E-state index contributed by atoms with van der Waals surface area (Å²) in [5.74, 6) is -0.483. The summed E-state index contributed by atoms with van der Waals surface area (Å²) in [5, 5.41) is 2.49. The quantitative estimate of drug-likeness (QED) is 0.369. The zero-order valence-corrected chi connectivity index (χ0v) is 20.5. The van der Waals surface area contributed by atoms with Gasteiger partial charge in [0.15, 0.2) is 4.80 Å². The van der Waals surface area contributed by atoms with Crippen molar-refractivity contribution < 1.29 is 9.53 Å². The summed E-state index contributed by atoms with van der Waals surface area (Å²) in [5.41, 5.74) is 2.33. The number of esters is 1. The molecule has 5 nitrogen and oxygen atoms in total. The molecule has 2 aromatic carbocycles. The highest BCUT2D eigenvalue weighted by molar-refractivity contribution is 7.10. The Bertz CT molecular complexity index is 1570. The molecule has 0 N–H and O–H groups in total. The fraction of sp³-hybridized carbons (Fsp3) is 0.115. The van der Waals surface area contributed by atoms with E-state index in [4.69, 9.17) is 16.3 Å². The Morgan fingerprint density at radius 1 is 1.12 bits per heavy atom. The number of allylic oxidation sites excluding steroid dienone is 1. The van der Waals surface area contributed by atoms with E-state index in [1.165, 1.54) is 22.7 Å². The summed E-state index contributed by atoms with van der Waals surface area (Å²) >= 11 is 9.08. The number of aromatic nitrogens is 1. The minimum atomic E-state index is -0.604. The Morgan fingerprint density at radius 3 is 2.62 bits per heavy atom. The first-order chi connectivity index (χ1) is 16.5. The second-order valence-corrected chi connectivity index (χ2v) is 10.1. The molecule has 0 radical (unpaired) electrons. The highest BCUT2D eigenvalue weighted by Crippen LogP contribution is 2.33. The van der Waals surface area contributed by atoms with Crippen molar-refractivity contribution in [1.29, 1.82) is 0 Å². The van der Waals surface area contributed by atoms with Crippen LogP contribution in [0.5, 0.6) is 0 Å². The number of hydrogen-bond acceptors (Lipinski definition) is 6. The number of thiazole rings is 1. The standard InChI is InChI=1S/C26H19ClN2O3S2/c1-16-22(25(31)32-15-17-8-3-2-4-9-17)23(20-12-7-13-33-20)29-24(30)21(34-26(29)28-16)14-18-10-5-6-11-19(18)27/h2-14,23H,15H2,1H3/b21-14-/t23-/m1/s1. The third-order valence-corrected chi connectivity index (χ3v) is 7.71. The van der Waals surface area contributed by atoms with Crippen molar-refractivity contribution >= 4 is 46.3 Å². The van der Waals surface area contributed by atoms with Crippen LogP contribution in [-0.4, -0.2) is 10.5 Å². The number of benzene rings is 2. The number of carbonyl (C=O) groups excluding carboxylic acids is 1. The van der Waals surface area contributed by atoms with Crippen molar-refractivity contribution in [3.63, 3.8) is 0 Å². The molecular formula is C26H19ClN2O3S2. The first-order valence-electron chi connectivity index (χ1n) is 10.5. The minimum absolute atomic E-state index is 0.143. The average molecular weight is 507 g/mol. The van der Waals surface area contributed by atoms with Crippen LogP contribution in [0.25, 0.3) is 6.08 Å². The number of carbonyl (C=O) groups is 1. The molecule has 0 bridgehead atoms. The number of halogens is 1. The maximum absolute atomic E-state index is 13.6. The van der Waals surface area contributed by atoms with Crippen LogP contribution in [0.4, 0.5) is 0 Å². The summed E-state index contributed by atoms with van der Waals surface area (Å²) < 4.78 is 7.74. The van der Waals surface area contributed by atoms with Crippen LogP contribution in [0.1, 0.15) is 29.0 Å². The first kappa shape index (κ1) is 22.5. The molecule has 170 valence electrons. The Labute approximate surface area is 208 Å². The minimum Gasteiger partial charge on any atom is -0.457 e. The highest BCUT2D eigenvalue weighted by atomic mass is 35.5. The van der Waals surface area contributed by atoms with E-state index >= 15 is 0 Å². The van der Waals surface area contributed by atoms with Crippen LogP contribution in [0.2, 0.25) is 5.02 Å². The summed E-state index contributed by atoms with van der Waals surface area (Å²) in [6.45, 7) is 1.93. The zero-order valence-electron chi connectivity index (χ0n) is 18.1. The van der Waals surface area contributed by atoms with E-state index in [0.29, 0.717) is 25.6 Å². The fourth-order valence-corrected chi connectivity index (χ4v) is 5.88. The Balaban J connectivity index is 1.60. The number of fused-ring (bicyclic) bond motifs is 1. The summed E-state index contributed by atoms with van der Waals surface area (Å²) in [7, 11) is 0. The van der Waals surface area contributed by atoms with Crippen molar-refractivity contribution in [3.05, 3.63) is 124 Å². The molecule has 0 aliphatic carbocycles. The molecule has 5 rings (SSSR count). The van der Waals surface area contributed by atoms with Gasteiger partial charge in [-0.05, 0) is 41.6 Å². The van der Waals surface area contributed by atoms with Gasteiger partial charge in [0.1, 0.15) is 12.6 Å². The lowest BCUT2D eigenvalue weighted by atomic mass is 10.0. The molecular weight excluding hydrogens is 488 g/mol. The first-order valence-corrected chi connectivity index (χ1v) is 12.6. The zero-order chi connectivity index (χ0) is 23.7. The Kier molecular flexibility index (Phi) is 6.32. The van der Waals surface area contributed by atoms with Gasteiger partial charge in [-0.25, -0.2) is 9.79 Å². The van der Waals surface area contributed by atoms with E-state index < -0.39 is 12.0 Å². The van der Waals surface area contributed by atoms with Crippen LogP contribution in [-0.2, 0) is 16.1 Å². The lowest BCUT2D eigenvalue weighted by Gasteiger charge is -2.23. The topological polar surface area (TPSA) is 60.7 Å². The van der Waals surface area contributed by atoms with E-state index in [1.807, 2.05) is 66.0 Å². The monoisotopic (exact) mass is 506 g/mol. The smallest absolute Gasteiger partial charge is 0.338 e. The van der Waals surface area contributed by atoms with E-state index in [-0.39, 0.29) is 12.2 Å². The van der Waals surface area contributed by atoms with Crippen molar-refractivity contribution in [1.82, 2.24) is 4.57 Å². The van der Waals surface area contributed by atoms with Gasteiger partial charge in [-0.2, -0.15) is 0 Å². The number of hydrogen-bond donors (Lipinski definition) is 0. The van der Waals surface area contributed by atoms with E-state index in [1.54, 1.807) is 23.6 Å². The molecule has 0 saturated carbocycles. The van der Waals surface area contributed by atoms with Crippen molar-refractivity contribution in [2.45, 2.75) is 19.6 Å². The lowest BCUT2D eigenvalue weighted by Crippen LogP contribution is -2.39. The number of nitrogens with zero attached hydrogens (tertiary/aromatic N) is 2. The molecule has 1 aliphatic heterocycles. The average Bonchev–Trinajstić information content (AvgIpc) is 3.47. The maximum Gasteiger partial charge on any atom is 0.338 e. The van der Waals surface area contributed by atoms with Gasteiger partial charge in [0.25, 0.3) is 5.56 Å². The predicted octanol–water partition coefficient (Wildman–Crippen LogP) is 4.69. The van der Waals surface area contributed by atoms with Gasteiger partial charge in [0, 0.05) is 9.90 Å². The van der Waals surface area contributed by atoms with Gasteiger partial charge < -0.3 is 4.74 Å². The Morgan fingerprint density at radius 2 is 1.88 bits per heavy atom. The third-order valence-electron chi connectivity index (χ3n) is 5.46. The van der Waals surface area contributed by atoms with Gasteiger partial charge in [-0.1, -0.05) is 77.5 Å². The van der Waals surface area contributed by atoms with Crippen molar-refractivity contribution in [2.75, 3.05) is 0 Å². The second-order valence-electron chi connectivity index (χ2n) is 7.68. The third kappa shape index (κ3) is 4.30. The number of ether oxygens (including phenoxy) is 1. The molecule has 8 heteroatoms. The van der Waals surface area contributed by atoms with E-state index in [0.717, 1.165) is 16.0 Å². The maximum atomic E-state index is 13.6. The van der Waals surface area contributed by atoms with Gasteiger partial charge in [0.05, 0.1) is 15.8 Å². The molecule has 34 heavy (non-hydrogen) atoms. The van der Waals surface area contributed by atoms with E-state index in [9.17, 15) is 9.59 Å². The molecule has 1 atom stereocenters. The van der Waals surface area contributed by atoms with Gasteiger partial charge in [-0.15, -0.1) is 11.3 Å². The Hall–Kier alpha value is -3.26. The number of rotatable bonds is 5. The normalized spacial score (nSPS) is 15.7. The van der Waals surface area contributed by atoms with Gasteiger partial charge in [-0.3, -0.25) is 9.36 Å². The molecule has 0 fully saturated rings.